The molecule has 13 heteroatoms. The quantitative estimate of drug-likeness (QED) is 0.128. The summed E-state index contributed by atoms with van der Waals surface area (Å²) < 4.78 is 55.0. The Bertz CT molecular complexity index is 1340. The van der Waals surface area contributed by atoms with Crippen molar-refractivity contribution in [2.45, 2.75) is 60.4 Å². The highest BCUT2D eigenvalue weighted by Crippen LogP contribution is 2.40. The summed E-state index contributed by atoms with van der Waals surface area (Å²) in [7, 11) is -3.74. The monoisotopic (exact) mass is 649 g/mol. The average Bonchev–Trinajstić information content (AvgIpc) is 3.32. The molecule has 0 spiro atoms. The van der Waals surface area contributed by atoms with Gasteiger partial charge >= 0.3 is 0 Å². The predicted molar refractivity (Wildman–Crippen MR) is 168 cm³/mol. The Kier molecular flexibility index (Phi) is 12.9. The molecule has 1 unspecified atom stereocenters. The fourth-order valence-electron chi connectivity index (χ4n) is 5.41. The van der Waals surface area contributed by atoms with Gasteiger partial charge in [0.2, 0.25) is 10.0 Å². The van der Waals surface area contributed by atoms with Crippen LogP contribution in [0.2, 0.25) is 0 Å². The second-order valence-corrected chi connectivity index (χ2v) is 13.6. The van der Waals surface area contributed by atoms with Crippen LogP contribution in [0.15, 0.2) is 51.3 Å². The van der Waals surface area contributed by atoms with Gasteiger partial charge in [0, 0.05) is 54.5 Å². The molecule has 0 amide bonds. The number of ether oxygens (including phenoxy) is 4. The third-order valence-electron chi connectivity index (χ3n) is 7.76. The van der Waals surface area contributed by atoms with Crippen molar-refractivity contribution in [1.82, 2.24) is 9.44 Å². The van der Waals surface area contributed by atoms with Crippen LogP contribution in [-0.4, -0.2) is 97.4 Å². The van der Waals surface area contributed by atoms with Crippen LogP contribution in [0.5, 0.6) is 0 Å². The van der Waals surface area contributed by atoms with E-state index in [1.54, 1.807) is 24.1 Å². The summed E-state index contributed by atoms with van der Waals surface area (Å²) in [5.74, 6) is 0. The first-order valence-electron chi connectivity index (χ1n) is 15.4. The molecule has 2 fully saturated rings. The first-order chi connectivity index (χ1) is 21.5. The number of sulfonamides is 1. The van der Waals surface area contributed by atoms with Crippen LogP contribution in [0.4, 0.5) is 0 Å². The molecule has 1 atom stereocenters. The molecule has 2 aromatic carbocycles. The molecule has 3 N–H and O–H groups in total. The summed E-state index contributed by atoms with van der Waals surface area (Å²) in [6.07, 6.45) is 5.60. The van der Waals surface area contributed by atoms with E-state index < -0.39 is 10.0 Å². The summed E-state index contributed by atoms with van der Waals surface area (Å²) in [4.78, 5) is 6.92. The maximum Gasteiger partial charge on any atom is 0.240 e. The predicted octanol–water partition coefficient (Wildman–Crippen LogP) is 3.47. The molecule has 0 saturated carbocycles. The zero-order valence-electron chi connectivity index (χ0n) is 25.0. The average molecular weight is 650 g/mol. The molecule has 2 aromatic rings. The first-order valence-corrected chi connectivity index (χ1v) is 17.7. The SMILES string of the molecule is O=S(=O)(NC1CCOCC1)c1ccc2c(c1)/C(=N/OCCOCCOCCO)c1cc(SNC3CCCCOCC3)ccc1-2. The largest absolute Gasteiger partial charge is 0.394 e. The van der Waals surface area contributed by atoms with Gasteiger partial charge in [-0.05, 0) is 85.9 Å². The van der Waals surface area contributed by atoms with Crippen LogP contribution in [0.1, 0.15) is 49.7 Å². The van der Waals surface area contributed by atoms with Gasteiger partial charge in [-0.1, -0.05) is 17.3 Å². The number of aliphatic hydroxyl groups excluding tert-OH is 1. The van der Waals surface area contributed by atoms with Gasteiger partial charge in [0.15, 0.2) is 0 Å². The molecule has 2 saturated heterocycles. The van der Waals surface area contributed by atoms with Crippen molar-refractivity contribution in [1.29, 1.82) is 0 Å². The van der Waals surface area contributed by atoms with E-state index in [9.17, 15) is 8.42 Å². The van der Waals surface area contributed by atoms with Crippen molar-refractivity contribution in [3.63, 3.8) is 0 Å². The molecular formula is C31H43N3O8S2. The highest BCUT2D eigenvalue weighted by molar-refractivity contribution is 7.97. The number of aliphatic hydroxyl groups is 1. The Morgan fingerprint density at radius 2 is 1.48 bits per heavy atom. The lowest BCUT2D eigenvalue weighted by molar-refractivity contribution is 0.00876. The van der Waals surface area contributed by atoms with Crippen LogP contribution in [-0.2, 0) is 33.8 Å². The van der Waals surface area contributed by atoms with Gasteiger partial charge in [0.1, 0.15) is 12.3 Å². The minimum atomic E-state index is -3.74. The molecule has 5 rings (SSSR count). The standard InChI is InChI=1S/C31H43N3O8S2/c35-11-16-40-17-18-41-19-20-42-32-31-29-21-25(43-33-23-3-1-2-12-38-13-8-23)4-6-27(29)28-7-5-26(22-30(28)31)44(36,37)34-24-9-14-39-15-10-24/h4-7,21-24,33-35H,1-3,8-20H2/b32-31+. The van der Waals surface area contributed by atoms with Crippen LogP contribution in [0.3, 0.4) is 0 Å². The maximum atomic E-state index is 13.4. The Balaban J connectivity index is 1.32. The topological polar surface area (TPSA) is 137 Å². The zero-order chi connectivity index (χ0) is 30.6. The van der Waals surface area contributed by atoms with E-state index >= 15 is 0 Å². The van der Waals surface area contributed by atoms with Gasteiger partial charge < -0.3 is 28.9 Å². The van der Waals surface area contributed by atoms with Crippen LogP contribution < -0.4 is 9.44 Å². The highest BCUT2D eigenvalue weighted by Gasteiger charge is 2.30. The van der Waals surface area contributed by atoms with Gasteiger partial charge in [-0.2, -0.15) is 0 Å². The van der Waals surface area contributed by atoms with Gasteiger partial charge in [0.05, 0.1) is 37.9 Å². The second-order valence-electron chi connectivity index (χ2n) is 11.0. The lowest BCUT2D eigenvalue weighted by Gasteiger charge is -2.23. The van der Waals surface area contributed by atoms with Gasteiger partial charge in [-0.15, -0.1) is 0 Å². The number of oxime groups is 1. The van der Waals surface area contributed by atoms with E-state index in [0.29, 0.717) is 63.2 Å². The minimum absolute atomic E-state index is 0.0238. The van der Waals surface area contributed by atoms with E-state index in [1.165, 1.54) is 0 Å². The van der Waals surface area contributed by atoms with Crippen LogP contribution >= 0.6 is 11.9 Å². The van der Waals surface area contributed by atoms with Crippen molar-refractivity contribution in [2.24, 2.45) is 5.16 Å². The highest BCUT2D eigenvalue weighted by atomic mass is 32.2. The van der Waals surface area contributed by atoms with E-state index in [-0.39, 0.29) is 30.8 Å². The molecule has 3 aliphatic rings. The Morgan fingerprint density at radius 1 is 0.795 bits per heavy atom. The number of nitrogens with zero attached hydrogens (tertiary/aromatic N) is 1. The van der Waals surface area contributed by atoms with E-state index in [2.05, 4.69) is 32.8 Å². The molecular weight excluding hydrogens is 606 g/mol. The lowest BCUT2D eigenvalue weighted by atomic mass is 10.1. The van der Waals surface area contributed by atoms with Gasteiger partial charge in [-0.25, -0.2) is 13.1 Å². The number of hydrogen-bond donors (Lipinski definition) is 3. The summed E-state index contributed by atoms with van der Waals surface area (Å²) in [6, 6.07) is 11.6. The second kappa shape index (κ2) is 17.0. The number of nitrogens with one attached hydrogen (secondary N) is 2. The van der Waals surface area contributed by atoms with Crippen molar-refractivity contribution < 1.29 is 37.3 Å². The Hall–Kier alpha value is -2.07. The van der Waals surface area contributed by atoms with Crippen molar-refractivity contribution in [3.05, 3.63) is 47.5 Å². The Labute approximate surface area is 264 Å². The first kappa shape index (κ1) is 33.3. The molecule has 44 heavy (non-hydrogen) atoms. The summed E-state index contributed by atoms with van der Waals surface area (Å²) in [5, 5.41) is 13.3. The van der Waals surface area contributed by atoms with E-state index in [4.69, 9.17) is 28.9 Å². The number of hydrogen-bond acceptors (Lipinski definition) is 11. The summed E-state index contributed by atoms with van der Waals surface area (Å²) in [5.41, 5.74) is 4.07. The van der Waals surface area contributed by atoms with Crippen LogP contribution in [0.25, 0.3) is 11.1 Å². The fourth-order valence-corrected chi connectivity index (χ4v) is 7.60. The van der Waals surface area contributed by atoms with Gasteiger partial charge in [0.25, 0.3) is 0 Å². The van der Waals surface area contributed by atoms with Crippen molar-refractivity contribution in [2.75, 3.05) is 66.1 Å². The fraction of sp³-hybridized carbons (Fsp3) is 0.581. The van der Waals surface area contributed by atoms with Crippen molar-refractivity contribution in [3.8, 4) is 11.1 Å². The third-order valence-corrected chi connectivity index (χ3v) is 10.2. The molecule has 1 aliphatic carbocycles. The van der Waals surface area contributed by atoms with Crippen molar-refractivity contribution >= 4 is 27.7 Å². The van der Waals surface area contributed by atoms with Crippen LogP contribution in [0, 0.1) is 0 Å². The number of fused-ring (bicyclic) bond motifs is 3. The zero-order valence-corrected chi connectivity index (χ0v) is 26.6. The third kappa shape index (κ3) is 9.24. The molecule has 11 nitrogen and oxygen atoms in total. The Morgan fingerprint density at radius 3 is 2.27 bits per heavy atom. The summed E-state index contributed by atoms with van der Waals surface area (Å²) in [6.45, 7) is 4.25. The normalized spacial score (nSPS) is 20.2. The van der Waals surface area contributed by atoms with E-state index in [1.807, 2.05) is 6.07 Å². The smallest absolute Gasteiger partial charge is 0.240 e. The molecule has 0 bridgehead atoms. The molecule has 242 valence electrons. The van der Waals surface area contributed by atoms with Gasteiger partial charge in [-0.3, -0.25) is 4.72 Å². The summed E-state index contributed by atoms with van der Waals surface area (Å²) >= 11 is 1.59. The minimum Gasteiger partial charge on any atom is -0.394 e. The number of rotatable bonds is 15. The molecule has 0 radical (unpaired) electrons. The molecule has 2 aliphatic heterocycles. The molecule has 2 heterocycles. The molecule has 0 aromatic heterocycles. The lowest BCUT2D eigenvalue weighted by Crippen LogP contribution is -2.38. The number of benzene rings is 2. The maximum absolute atomic E-state index is 13.4. The van der Waals surface area contributed by atoms with E-state index in [0.717, 1.165) is 60.5 Å².